The summed E-state index contributed by atoms with van der Waals surface area (Å²) < 4.78 is 10.7. The Morgan fingerprint density at radius 3 is 2.60 bits per heavy atom. The molecule has 0 radical (unpaired) electrons. The quantitative estimate of drug-likeness (QED) is 0.801. The Morgan fingerprint density at radius 2 is 2.00 bits per heavy atom. The highest BCUT2D eigenvalue weighted by Crippen LogP contribution is 2.40. The van der Waals surface area contributed by atoms with Crippen molar-refractivity contribution < 1.29 is 9.15 Å². The minimum atomic E-state index is 0.383. The summed E-state index contributed by atoms with van der Waals surface area (Å²) in [5, 5.41) is 0. The summed E-state index contributed by atoms with van der Waals surface area (Å²) >= 11 is 6.00. The number of hydrogen-bond donors (Lipinski definition) is 0. The van der Waals surface area contributed by atoms with E-state index in [1.165, 1.54) is 25.7 Å². The Morgan fingerprint density at radius 1 is 1.25 bits per heavy atom. The zero-order valence-electron chi connectivity index (χ0n) is 11.8. The topological polar surface area (TPSA) is 38.5 Å². The number of rotatable bonds is 4. The van der Waals surface area contributed by atoms with Crippen LogP contribution in [0.2, 0.25) is 0 Å². The molecule has 0 N–H and O–H groups in total. The molecular formula is C15H23ClN2O2. The van der Waals surface area contributed by atoms with E-state index in [-0.39, 0.29) is 0 Å². The molecule has 20 heavy (non-hydrogen) atoms. The fourth-order valence-electron chi connectivity index (χ4n) is 3.61. The van der Waals surface area contributed by atoms with Crippen LogP contribution in [0.1, 0.15) is 37.4 Å². The molecular weight excluding hydrogens is 276 g/mol. The molecule has 2 heterocycles. The van der Waals surface area contributed by atoms with Crippen LogP contribution in [-0.4, -0.2) is 42.1 Å². The zero-order chi connectivity index (χ0) is 13.8. The number of morpholine rings is 1. The van der Waals surface area contributed by atoms with Gasteiger partial charge in [0.2, 0.25) is 0 Å². The van der Waals surface area contributed by atoms with Crippen molar-refractivity contribution in [3.63, 3.8) is 0 Å². The van der Waals surface area contributed by atoms with Crippen LogP contribution in [0.25, 0.3) is 0 Å². The lowest BCUT2D eigenvalue weighted by atomic mass is 9.78. The molecule has 1 aromatic heterocycles. The standard InChI is InChI=1S/C15H23ClN2O2/c16-9-12-1-3-13(4-2-12)15(14-10-20-11-17-14)18-5-7-19-8-6-18/h10-13,15H,1-9H2. The molecule has 112 valence electrons. The molecule has 2 aliphatic rings. The number of hydrogen-bond acceptors (Lipinski definition) is 4. The smallest absolute Gasteiger partial charge is 0.180 e. The Kier molecular flexibility index (Phi) is 4.97. The molecule has 0 amide bonds. The second-order valence-corrected chi connectivity index (χ2v) is 6.25. The molecule has 1 saturated carbocycles. The van der Waals surface area contributed by atoms with Crippen molar-refractivity contribution in [2.45, 2.75) is 31.7 Å². The average molecular weight is 299 g/mol. The van der Waals surface area contributed by atoms with Gasteiger partial charge in [-0.15, -0.1) is 11.6 Å². The Balaban J connectivity index is 1.72. The lowest BCUT2D eigenvalue weighted by Gasteiger charge is -2.40. The number of nitrogens with zero attached hydrogens (tertiary/aromatic N) is 2. The zero-order valence-corrected chi connectivity index (χ0v) is 12.6. The minimum Gasteiger partial charge on any atom is -0.451 e. The maximum absolute atomic E-state index is 6.00. The lowest BCUT2D eigenvalue weighted by Crippen LogP contribution is -2.42. The maximum atomic E-state index is 6.00. The van der Waals surface area contributed by atoms with Crippen molar-refractivity contribution in [2.75, 3.05) is 32.2 Å². The number of alkyl halides is 1. The van der Waals surface area contributed by atoms with Crippen molar-refractivity contribution in [1.29, 1.82) is 0 Å². The normalized spacial score (nSPS) is 30.2. The minimum absolute atomic E-state index is 0.383. The van der Waals surface area contributed by atoms with Crippen LogP contribution < -0.4 is 0 Å². The first-order valence-corrected chi connectivity index (χ1v) is 8.17. The molecule has 0 spiro atoms. The Labute approximate surface area is 125 Å². The molecule has 1 aliphatic carbocycles. The molecule has 5 heteroatoms. The third-order valence-corrected chi connectivity index (χ3v) is 5.19. The molecule has 1 aromatic rings. The average Bonchev–Trinajstić information content (AvgIpc) is 3.03. The van der Waals surface area contributed by atoms with Crippen molar-refractivity contribution in [2.24, 2.45) is 11.8 Å². The molecule has 2 fully saturated rings. The van der Waals surface area contributed by atoms with E-state index >= 15 is 0 Å². The van der Waals surface area contributed by atoms with Gasteiger partial charge in [0.05, 0.1) is 24.9 Å². The van der Waals surface area contributed by atoms with Gasteiger partial charge >= 0.3 is 0 Å². The van der Waals surface area contributed by atoms with Gasteiger partial charge in [-0.1, -0.05) is 0 Å². The van der Waals surface area contributed by atoms with Crippen molar-refractivity contribution in [3.05, 3.63) is 18.4 Å². The van der Waals surface area contributed by atoms with E-state index in [0.717, 1.165) is 37.9 Å². The van der Waals surface area contributed by atoms with E-state index in [1.807, 2.05) is 6.26 Å². The second kappa shape index (κ2) is 6.92. The molecule has 0 aromatic carbocycles. The molecule has 0 bridgehead atoms. The molecule has 4 nitrogen and oxygen atoms in total. The Hall–Kier alpha value is -0.580. The molecule has 3 rings (SSSR count). The van der Waals surface area contributed by atoms with Gasteiger partial charge in [0.15, 0.2) is 6.39 Å². The highest BCUT2D eigenvalue weighted by Gasteiger charge is 2.34. The summed E-state index contributed by atoms with van der Waals surface area (Å²) in [5.41, 5.74) is 1.08. The van der Waals surface area contributed by atoms with Crippen LogP contribution in [0.15, 0.2) is 17.1 Å². The van der Waals surface area contributed by atoms with E-state index in [4.69, 9.17) is 20.8 Å². The largest absolute Gasteiger partial charge is 0.451 e. The maximum Gasteiger partial charge on any atom is 0.180 e. The van der Waals surface area contributed by atoms with Crippen molar-refractivity contribution in [1.82, 2.24) is 9.88 Å². The van der Waals surface area contributed by atoms with E-state index in [2.05, 4.69) is 9.88 Å². The number of oxazole rings is 1. The summed E-state index contributed by atoms with van der Waals surface area (Å²) in [5.74, 6) is 2.17. The SMILES string of the molecule is ClCC1CCC(C(c2cocn2)N2CCOCC2)CC1. The highest BCUT2D eigenvalue weighted by atomic mass is 35.5. The van der Waals surface area contributed by atoms with Gasteiger partial charge < -0.3 is 9.15 Å². The van der Waals surface area contributed by atoms with Crippen molar-refractivity contribution in [3.8, 4) is 0 Å². The molecule has 1 saturated heterocycles. The van der Waals surface area contributed by atoms with Crippen LogP contribution in [0, 0.1) is 11.8 Å². The van der Waals surface area contributed by atoms with Gasteiger partial charge in [-0.05, 0) is 37.5 Å². The summed E-state index contributed by atoms with van der Waals surface area (Å²) in [7, 11) is 0. The van der Waals surface area contributed by atoms with E-state index < -0.39 is 0 Å². The number of ether oxygens (including phenoxy) is 1. The van der Waals surface area contributed by atoms with Crippen LogP contribution in [0.3, 0.4) is 0 Å². The first kappa shape index (κ1) is 14.4. The van der Waals surface area contributed by atoms with Gasteiger partial charge in [0.1, 0.15) is 6.26 Å². The summed E-state index contributed by atoms with van der Waals surface area (Å²) in [4.78, 5) is 6.95. The van der Waals surface area contributed by atoms with Crippen LogP contribution in [0.4, 0.5) is 0 Å². The van der Waals surface area contributed by atoms with Gasteiger partial charge in [0.25, 0.3) is 0 Å². The van der Waals surface area contributed by atoms with Crippen LogP contribution >= 0.6 is 11.6 Å². The summed E-state index contributed by atoms with van der Waals surface area (Å²) in [6, 6.07) is 0.383. The van der Waals surface area contributed by atoms with Crippen LogP contribution in [0.5, 0.6) is 0 Å². The first-order valence-electron chi connectivity index (χ1n) is 7.64. The van der Waals surface area contributed by atoms with Crippen molar-refractivity contribution >= 4 is 11.6 Å². The summed E-state index contributed by atoms with van der Waals surface area (Å²) in [6.07, 6.45) is 8.33. The lowest BCUT2D eigenvalue weighted by molar-refractivity contribution is -0.00607. The monoisotopic (exact) mass is 298 g/mol. The van der Waals surface area contributed by atoms with Gasteiger partial charge in [-0.3, -0.25) is 4.90 Å². The van der Waals surface area contributed by atoms with E-state index in [1.54, 1.807) is 6.39 Å². The Bertz CT molecular complexity index is 385. The fourth-order valence-corrected chi connectivity index (χ4v) is 3.92. The second-order valence-electron chi connectivity index (χ2n) is 5.94. The van der Waals surface area contributed by atoms with Crippen LogP contribution in [-0.2, 0) is 4.74 Å². The molecule has 1 atom stereocenters. The predicted molar refractivity (Wildman–Crippen MR) is 77.8 cm³/mol. The van der Waals surface area contributed by atoms with Gasteiger partial charge in [-0.25, -0.2) is 4.98 Å². The third kappa shape index (κ3) is 3.18. The van der Waals surface area contributed by atoms with Gasteiger partial charge in [-0.2, -0.15) is 0 Å². The van der Waals surface area contributed by atoms with E-state index in [9.17, 15) is 0 Å². The van der Waals surface area contributed by atoms with E-state index in [0.29, 0.717) is 17.9 Å². The molecule has 1 unspecified atom stereocenters. The number of halogens is 1. The molecule has 1 aliphatic heterocycles. The number of aromatic nitrogens is 1. The fraction of sp³-hybridized carbons (Fsp3) is 0.800. The predicted octanol–water partition coefficient (Wildman–Crippen LogP) is 3.09. The van der Waals surface area contributed by atoms with Gasteiger partial charge in [0, 0.05) is 19.0 Å². The summed E-state index contributed by atoms with van der Waals surface area (Å²) in [6.45, 7) is 3.64. The highest BCUT2D eigenvalue weighted by molar-refractivity contribution is 6.18. The third-order valence-electron chi connectivity index (χ3n) is 4.75. The first-order chi connectivity index (χ1) is 9.88.